The van der Waals surface area contributed by atoms with E-state index in [9.17, 15) is 8.78 Å². The number of halogens is 2. The van der Waals surface area contributed by atoms with E-state index >= 15 is 0 Å². The van der Waals surface area contributed by atoms with Gasteiger partial charge in [0.2, 0.25) is 0 Å². The van der Waals surface area contributed by atoms with Crippen LogP contribution in [-0.4, -0.2) is 10.9 Å². The van der Waals surface area contributed by atoms with Crippen molar-refractivity contribution in [2.45, 2.75) is 18.8 Å². The van der Waals surface area contributed by atoms with Crippen LogP contribution in [0.15, 0.2) is 47.6 Å². The Morgan fingerprint density at radius 3 is 2.40 bits per heavy atom. The van der Waals surface area contributed by atoms with Crippen LogP contribution in [0.1, 0.15) is 35.4 Å². The third-order valence-corrected chi connectivity index (χ3v) is 3.76. The van der Waals surface area contributed by atoms with Gasteiger partial charge >= 0.3 is 0 Å². The van der Waals surface area contributed by atoms with Crippen molar-refractivity contribution >= 4 is 5.71 Å². The van der Waals surface area contributed by atoms with E-state index < -0.39 is 0 Å². The van der Waals surface area contributed by atoms with Crippen LogP contribution in [0.4, 0.5) is 8.78 Å². The van der Waals surface area contributed by atoms with Gasteiger partial charge in [-0.15, -0.1) is 0 Å². The molecule has 0 amide bonds. The van der Waals surface area contributed by atoms with Crippen molar-refractivity contribution in [2.75, 3.05) is 0 Å². The molecular formula is C16H13F2NO. The standard InChI is InChI=1S/C16H13F2NO/c17-11-3-1-10(2-4-11)13-7-8-16(19-20)15-9-12(18)5-6-14(13)15/h1-6,9,13,20H,7-8H2. The molecule has 1 N–H and O–H groups in total. The van der Waals surface area contributed by atoms with Crippen molar-refractivity contribution in [3.8, 4) is 0 Å². The van der Waals surface area contributed by atoms with Crippen LogP contribution in [-0.2, 0) is 0 Å². The molecule has 102 valence electrons. The highest BCUT2D eigenvalue weighted by Gasteiger charge is 2.26. The fraction of sp³-hybridized carbons (Fsp3) is 0.188. The van der Waals surface area contributed by atoms with Crippen molar-refractivity contribution in [1.82, 2.24) is 0 Å². The lowest BCUT2D eigenvalue weighted by molar-refractivity contribution is 0.317. The van der Waals surface area contributed by atoms with Crippen molar-refractivity contribution in [3.63, 3.8) is 0 Å². The van der Waals surface area contributed by atoms with Crippen molar-refractivity contribution in [3.05, 3.63) is 70.8 Å². The average molecular weight is 273 g/mol. The second kappa shape index (κ2) is 5.04. The molecule has 0 saturated heterocycles. The fourth-order valence-corrected chi connectivity index (χ4v) is 2.80. The summed E-state index contributed by atoms with van der Waals surface area (Å²) in [5, 5.41) is 12.3. The topological polar surface area (TPSA) is 32.6 Å². The first kappa shape index (κ1) is 12.8. The predicted octanol–water partition coefficient (Wildman–Crippen LogP) is 4.07. The normalized spacial score (nSPS) is 19.9. The molecule has 1 atom stereocenters. The van der Waals surface area contributed by atoms with Gasteiger partial charge in [0.15, 0.2) is 0 Å². The fourth-order valence-electron chi connectivity index (χ4n) is 2.80. The van der Waals surface area contributed by atoms with E-state index in [0.29, 0.717) is 17.7 Å². The van der Waals surface area contributed by atoms with E-state index in [0.717, 1.165) is 17.5 Å². The first-order valence-electron chi connectivity index (χ1n) is 6.45. The van der Waals surface area contributed by atoms with Gasteiger partial charge in [0.1, 0.15) is 11.6 Å². The van der Waals surface area contributed by atoms with Crippen LogP contribution in [0, 0.1) is 11.6 Å². The van der Waals surface area contributed by atoms with E-state index in [1.54, 1.807) is 18.2 Å². The summed E-state index contributed by atoms with van der Waals surface area (Å²) in [6.45, 7) is 0. The second-order valence-corrected chi connectivity index (χ2v) is 4.92. The molecule has 2 aromatic carbocycles. The van der Waals surface area contributed by atoms with Crippen LogP contribution in [0.25, 0.3) is 0 Å². The second-order valence-electron chi connectivity index (χ2n) is 4.92. The molecule has 1 aliphatic carbocycles. The molecule has 0 radical (unpaired) electrons. The molecule has 0 heterocycles. The van der Waals surface area contributed by atoms with E-state index in [1.165, 1.54) is 24.3 Å². The molecule has 0 bridgehead atoms. The smallest absolute Gasteiger partial charge is 0.123 e. The Kier molecular flexibility index (Phi) is 3.22. The van der Waals surface area contributed by atoms with Gasteiger partial charge in [-0.05, 0) is 48.2 Å². The largest absolute Gasteiger partial charge is 0.411 e. The van der Waals surface area contributed by atoms with Crippen molar-refractivity contribution in [1.29, 1.82) is 0 Å². The first-order chi connectivity index (χ1) is 9.69. The van der Waals surface area contributed by atoms with Gasteiger partial charge in [-0.1, -0.05) is 23.4 Å². The molecule has 2 nitrogen and oxygen atoms in total. The summed E-state index contributed by atoms with van der Waals surface area (Å²) in [6, 6.07) is 10.8. The van der Waals surface area contributed by atoms with Crippen LogP contribution >= 0.6 is 0 Å². The number of hydrogen-bond donors (Lipinski definition) is 1. The van der Waals surface area contributed by atoms with Crippen LogP contribution in [0.5, 0.6) is 0 Å². The lowest BCUT2D eigenvalue weighted by atomic mass is 9.78. The Balaban J connectivity index is 2.10. The SMILES string of the molecule is ON=C1CCC(c2ccc(F)cc2)c2ccc(F)cc21. The third kappa shape index (κ3) is 2.18. The Bertz CT molecular complexity index is 665. The monoisotopic (exact) mass is 273 g/mol. The highest BCUT2D eigenvalue weighted by molar-refractivity contribution is 6.02. The maximum Gasteiger partial charge on any atom is 0.123 e. The van der Waals surface area contributed by atoms with E-state index in [4.69, 9.17) is 5.21 Å². The molecule has 1 aliphatic rings. The van der Waals surface area contributed by atoms with Crippen LogP contribution in [0.3, 0.4) is 0 Å². The molecule has 0 saturated carbocycles. The zero-order valence-electron chi connectivity index (χ0n) is 10.7. The number of hydrogen-bond acceptors (Lipinski definition) is 2. The summed E-state index contributed by atoms with van der Waals surface area (Å²) in [4.78, 5) is 0. The number of oxime groups is 1. The van der Waals surface area contributed by atoms with Gasteiger partial charge in [-0.25, -0.2) is 8.78 Å². The zero-order valence-corrected chi connectivity index (χ0v) is 10.7. The number of fused-ring (bicyclic) bond motifs is 1. The summed E-state index contributed by atoms with van der Waals surface area (Å²) in [7, 11) is 0. The van der Waals surface area contributed by atoms with Crippen molar-refractivity contribution < 1.29 is 14.0 Å². The van der Waals surface area contributed by atoms with Crippen molar-refractivity contribution in [2.24, 2.45) is 5.16 Å². The highest BCUT2D eigenvalue weighted by atomic mass is 19.1. The molecule has 2 aromatic rings. The maximum atomic E-state index is 13.4. The van der Waals surface area contributed by atoms with Crippen LogP contribution in [0.2, 0.25) is 0 Å². The lowest BCUT2D eigenvalue weighted by Crippen LogP contribution is -2.17. The minimum absolute atomic E-state index is 0.0664. The van der Waals surface area contributed by atoms with Gasteiger partial charge < -0.3 is 5.21 Å². The minimum Gasteiger partial charge on any atom is -0.411 e. The summed E-state index contributed by atoms with van der Waals surface area (Å²) < 4.78 is 26.4. The van der Waals surface area contributed by atoms with Gasteiger partial charge in [0, 0.05) is 11.5 Å². The Morgan fingerprint density at radius 2 is 1.70 bits per heavy atom. The zero-order chi connectivity index (χ0) is 14.1. The summed E-state index contributed by atoms with van der Waals surface area (Å²) in [5.41, 5.74) is 3.03. The number of rotatable bonds is 1. The van der Waals surface area contributed by atoms with Gasteiger partial charge in [-0.2, -0.15) is 0 Å². The molecule has 4 heteroatoms. The van der Waals surface area contributed by atoms with E-state index in [1.807, 2.05) is 0 Å². The van der Waals surface area contributed by atoms with E-state index in [2.05, 4.69) is 5.16 Å². The number of benzene rings is 2. The first-order valence-corrected chi connectivity index (χ1v) is 6.45. The average Bonchev–Trinajstić information content (AvgIpc) is 2.47. The predicted molar refractivity (Wildman–Crippen MR) is 72.2 cm³/mol. The summed E-state index contributed by atoms with van der Waals surface area (Å²) >= 11 is 0. The van der Waals surface area contributed by atoms with Gasteiger partial charge in [-0.3, -0.25) is 0 Å². The van der Waals surface area contributed by atoms with Gasteiger partial charge in [0.05, 0.1) is 5.71 Å². The highest BCUT2D eigenvalue weighted by Crippen LogP contribution is 2.37. The minimum atomic E-state index is -0.357. The molecule has 0 aromatic heterocycles. The van der Waals surface area contributed by atoms with Gasteiger partial charge in [0.25, 0.3) is 0 Å². The molecule has 0 aliphatic heterocycles. The summed E-state index contributed by atoms with van der Waals surface area (Å²) in [6.07, 6.45) is 1.32. The quantitative estimate of drug-likeness (QED) is 0.616. The number of nitrogens with zero attached hydrogens (tertiary/aromatic N) is 1. The maximum absolute atomic E-state index is 13.4. The third-order valence-electron chi connectivity index (χ3n) is 3.76. The molecule has 3 rings (SSSR count). The van der Waals surface area contributed by atoms with E-state index in [-0.39, 0.29) is 17.6 Å². The Labute approximate surface area is 115 Å². The molecule has 0 spiro atoms. The Morgan fingerprint density at radius 1 is 1.00 bits per heavy atom. The molecule has 0 fully saturated rings. The molecule has 1 unspecified atom stereocenters. The molecule has 20 heavy (non-hydrogen) atoms. The Hall–Kier alpha value is -2.23. The molecular weight excluding hydrogens is 260 g/mol. The summed E-state index contributed by atoms with van der Waals surface area (Å²) in [5.74, 6) is -0.567. The lowest BCUT2D eigenvalue weighted by Gasteiger charge is -2.26. The van der Waals surface area contributed by atoms with Crippen LogP contribution < -0.4 is 0 Å².